The molecule has 6 nitrogen and oxygen atoms in total. The first-order valence-electron chi connectivity index (χ1n) is 8.33. The van der Waals surface area contributed by atoms with E-state index in [4.69, 9.17) is 5.73 Å². The third-order valence-corrected chi connectivity index (χ3v) is 4.64. The summed E-state index contributed by atoms with van der Waals surface area (Å²) in [6.45, 7) is 0. The van der Waals surface area contributed by atoms with Crippen LogP contribution < -0.4 is 16.4 Å². The van der Waals surface area contributed by atoms with Crippen LogP contribution in [0.4, 0.5) is 11.8 Å². The minimum absolute atomic E-state index is 0. The van der Waals surface area contributed by atoms with Crippen LogP contribution in [0.1, 0.15) is 47.5 Å². The lowest BCUT2D eigenvalue weighted by Crippen LogP contribution is -2.27. The lowest BCUT2D eigenvalue weighted by atomic mass is 9.80. The number of hydrogen-bond donors (Lipinski definition) is 3. The number of hydrogen-bond acceptors (Lipinski definition) is 5. The summed E-state index contributed by atoms with van der Waals surface area (Å²) in [6, 6.07) is 9.88. The molecule has 0 unspecified atom stereocenters. The van der Waals surface area contributed by atoms with Gasteiger partial charge in [0.25, 0.3) is 0 Å². The van der Waals surface area contributed by atoms with Gasteiger partial charge >= 0.3 is 0 Å². The van der Waals surface area contributed by atoms with Gasteiger partial charge in [-0.2, -0.15) is 4.98 Å². The summed E-state index contributed by atoms with van der Waals surface area (Å²) >= 11 is 0. The van der Waals surface area contributed by atoms with E-state index in [1.807, 2.05) is 37.4 Å². The van der Waals surface area contributed by atoms with Crippen molar-refractivity contribution in [3.8, 4) is 0 Å². The topological polar surface area (TPSA) is 92.9 Å². The Labute approximate surface area is 154 Å². The zero-order chi connectivity index (χ0) is 16.9. The quantitative estimate of drug-likeness (QED) is 0.760. The van der Waals surface area contributed by atoms with E-state index in [0.29, 0.717) is 23.5 Å². The molecule has 1 aromatic heterocycles. The molecule has 1 heterocycles. The van der Waals surface area contributed by atoms with Crippen LogP contribution >= 0.6 is 12.4 Å². The van der Waals surface area contributed by atoms with E-state index in [1.165, 1.54) is 0 Å². The van der Waals surface area contributed by atoms with Gasteiger partial charge in [-0.1, -0.05) is 18.2 Å². The average Bonchev–Trinajstić information content (AvgIpc) is 2.62. The van der Waals surface area contributed by atoms with Crippen molar-refractivity contribution in [1.29, 1.82) is 0 Å². The number of nitrogens with zero attached hydrogens (tertiary/aromatic N) is 2. The van der Waals surface area contributed by atoms with Gasteiger partial charge < -0.3 is 16.4 Å². The molecule has 3 rings (SSSR count). The highest BCUT2D eigenvalue weighted by Gasteiger charge is 2.25. The Bertz CT molecular complexity index is 716. The Kier molecular flexibility index (Phi) is 6.58. The minimum Gasteiger partial charge on any atom is -0.373 e. The molecule has 134 valence electrons. The van der Waals surface area contributed by atoms with E-state index in [1.54, 1.807) is 6.20 Å². The maximum atomic E-state index is 11.6. The molecule has 0 bridgehead atoms. The Morgan fingerprint density at radius 3 is 2.56 bits per heavy atom. The number of aromatic nitrogens is 2. The average molecular weight is 362 g/mol. The number of benzene rings is 1. The van der Waals surface area contributed by atoms with Gasteiger partial charge in [-0.05, 0) is 49.3 Å². The summed E-state index contributed by atoms with van der Waals surface area (Å²) in [5, 5.41) is 6.43. The number of halogens is 1. The molecule has 4 N–H and O–H groups in total. The number of nitrogens with one attached hydrogen (secondary N) is 2. The monoisotopic (exact) mass is 361 g/mol. The van der Waals surface area contributed by atoms with Gasteiger partial charge in [0, 0.05) is 24.8 Å². The summed E-state index contributed by atoms with van der Waals surface area (Å²) in [7, 11) is 1.84. The smallest absolute Gasteiger partial charge is 0.248 e. The zero-order valence-electron chi connectivity index (χ0n) is 14.2. The normalized spacial score (nSPS) is 19.6. The Balaban J connectivity index is 0.00000225. The molecule has 25 heavy (non-hydrogen) atoms. The molecule has 1 amide bonds. The van der Waals surface area contributed by atoms with Crippen molar-refractivity contribution < 1.29 is 4.79 Å². The summed E-state index contributed by atoms with van der Waals surface area (Å²) in [5.41, 5.74) is 7.24. The standard InChI is InChI=1S/C18H23N5O.ClH/c1-20-16-10-11-21-18(23-16)22-13-8-6-12(7-9-13)14-4-2-3-5-15(14)17(19)24;/h2-5,10-13H,6-9H2,1H3,(H2,19,24)(H2,20,21,22,23);1H. The van der Waals surface area contributed by atoms with Gasteiger partial charge in [0.2, 0.25) is 11.9 Å². The SMILES string of the molecule is CNc1ccnc(NC2CCC(c3ccccc3C(N)=O)CC2)n1.Cl. The zero-order valence-corrected chi connectivity index (χ0v) is 15.1. The molecule has 1 aliphatic carbocycles. The molecule has 1 aliphatic rings. The van der Waals surface area contributed by atoms with Crippen LogP contribution in [0.2, 0.25) is 0 Å². The second-order valence-electron chi connectivity index (χ2n) is 6.16. The molecule has 7 heteroatoms. The summed E-state index contributed by atoms with van der Waals surface area (Å²) in [4.78, 5) is 20.3. The van der Waals surface area contributed by atoms with E-state index in [0.717, 1.165) is 37.1 Å². The Morgan fingerprint density at radius 1 is 1.16 bits per heavy atom. The van der Waals surface area contributed by atoms with Crippen LogP contribution in [0.5, 0.6) is 0 Å². The first-order chi connectivity index (χ1) is 11.7. The Morgan fingerprint density at radius 2 is 1.88 bits per heavy atom. The molecule has 0 radical (unpaired) electrons. The van der Waals surface area contributed by atoms with Crippen molar-refractivity contribution in [2.24, 2.45) is 5.73 Å². The fraction of sp³-hybridized carbons (Fsp3) is 0.389. The van der Waals surface area contributed by atoms with Crippen molar-refractivity contribution in [3.63, 3.8) is 0 Å². The highest BCUT2D eigenvalue weighted by Crippen LogP contribution is 2.35. The van der Waals surface area contributed by atoms with Gasteiger partial charge in [0.1, 0.15) is 5.82 Å². The lowest BCUT2D eigenvalue weighted by molar-refractivity contribution is 0.0998. The fourth-order valence-electron chi connectivity index (χ4n) is 3.38. The van der Waals surface area contributed by atoms with Crippen LogP contribution in [0.15, 0.2) is 36.5 Å². The van der Waals surface area contributed by atoms with Crippen LogP contribution in [0.3, 0.4) is 0 Å². The number of nitrogens with two attached hydrogens (primary N) is 1. The maximum Gasteiger partial charge on any atom is 0.248 e. The molecule has 2 aromatic rings. The van der Waals surface area contributed by atoms with Gasteiger partial charge in [0.05, 0.1) is 0 Å². The van der Waals surface area contributed by atoms with E-state index < -0.39 is 0 Å². The molecular weight excluding hydrogens is 338 g/mol. The van der Waals surface area contributed by atoms with E-state index in [-0.39, 0.29) is 18.3 Å². The first-order valence-corrected chi connectivity index (χ1v) is 8.33. The Hall–Kier alpha value is -2.34. The maximum absolute atomic E-state index is 11.6. The van der Waals surface area contributed by atoms with E-state index in [2.05, 4.69) is 20.6 Å². The largest absolute Gasteiger partial charge is 0.373 e. The predicted molar refractivity (Wildman–Crippen MR) is 102 cm³/mol. The first kappa shape index (κ1) is 19.0. The van der Waals surface area contributed by atoms with Crippen LogP contribution in [0, 0.1) is 0 Å². The highest BCUT2D eigenvalue weighted by atomic mass is 35.5. The second kappa shape index (κ2) is 8.67. The molecular formula is C18H24ClN5O. The van der Waals surface area contributed by atoms with Crippen LogP contribution in [0.25, 0.3) is 0 Å². The van der Waals surface area contributed by atoms with Gasteiger partial charge in [-0.25, -0.2) is 4.98 Å². The fourth-order valence-corrected chi connectivity index (χ4v) is 3.38. The highest BCUT2D eigenvalue weighted by molar-refractivity contribution is 5.94. The minimum atomic E-state index is -0.344. The molecule has 1 saturated carbocycles. The van der Waals surface area contributed by atoms with Crippen molar-refractivity contribution in [1.82, 2.24) is 9.97 Å². The summed E-state index contributed by atoms with van der Waals surface area (Å²) in [6.07, 6.45) is 5.83. The van der Waals surface area contributed by atoms with Gasteiger partial charge in [0.15, 0.2) is 0 Å². The van der Waals surface area contributed by atoms with Crippen molar-refractivity contribution in [2.75, 3.05) is 17.7 Å². The lowest BCUT2D eigenvalue weighted by Gasteiger charge is -2.30. The number of primary amides is 1. The van der Waals surface area contributed by atoms with Gasteiger partial charge in [-0.15, -0.1) is 12.4 Å². The van der Waals surface area contributed by atoms with E-state index >= 15 is 0 Å². The van der Waals surface area contributed by atoms with Crippen molar-refractivity contribution in [3.05, 3.63) is 47.7 Å². The number of anilines is 2. The molecule has 1 fully saturated rings. The van der Waals surface area contributed by atoms with Crippen LogP contribution in [-0.4, -0.2) is 29.0 Å². The summed E-state index contributed by atoms with van der Waals surface area (Å²) < 4.78 is 0. The third kappa shape index (κ3) is 4.60. The number of rotatable bonds is 5. The number of carbonyl (C=O) groups excluding carboxylic acids is 1. The number of carbonyl (C=O) groups is 1. The molecule has 0 saturated heterocycles. The third-order valence-electron chi connectivity index (χ3n) is 4.64. The molecule has 0 spiro atoms. The summed E-state index contributed by atoms with van der Waals surface area (Å²) in [5.74, 6) is 1.50. The molecule has 0 atom stereocenters. The van der Waals surface area contributed by atoms with E-state index in [9.17, 15) is 4.79 Å². The van der Waals surface area contributed by atoms with Crippen molar-refractivity contribution >= 4 is 30.1 Å². The van der Waals surface area contributed by atoms with Crippen molar-refractivity contribution in [2.45, 2.75) is 37.6 Å². The predicted octanol–water partition coefficient (Wildman–Crippen LogP) is 3.18. The molecule has 0 aliphatic heterocycles. The van der Waals surface area contributed by atoms with Gasteiger partial charge in [-0.3, -0.25) is 4.79 Å². The van der Waals surface area contributed by atoms with Crippen LogP contribution in [-0.2, 0) is 0 Å². The second-order valence-corrected chi connectivity index (χ2v) is 6.16. The number of amides is 1. The molecule has 1 aromatic carbocycles.